The topological polar surface area (TPSA) is 34.4 Å². The van der Waals surface area contributed by atoms with Crippen LogP contribution in [0.3, 0.4) is 0 Å². The lowest BCUT2D eigenvalue weighted by molar-refractivity contribution is 0.0656. The van der Waals surface area contributed by atoms with E-state index < -0.39 is 0 Å². The van der Waals surface area contributed by atoms with Crippen molar-refractivity contribution in [3.05, 3.63) is 60.1 Å². The molecule has 3 rings (SSSR count). The molecule has 1 aromatic carbocycles. The molecular weight excluding hydrogens is 250 g/mol. The zero-order valence-electron chi connectivity index (χ0n) is 11.6. The fourth-order valence-electron chi connectivity index (χ4n) is 2.72. The molecule has 0 saturated carbocycles. The van der Waals surface area contributed by atoms with E-state index in [1.165, 1.54) is 5.56 Å². The highest BCUT2D eigenvalue weighted by atomic mass is 16.5. The molecule has 1 saturated heterocycles. The molecule has 0 bridgehead atoms. The van der Waals surface area contributed by atoms with Crippen molar-refractivity contribution in [1.29, 1.82) is 0 Å². The van der Waals surface area contributed by atoms with Crippen LogP contribution in [0.15, 0.2) is 53.1 Å². The highest BCUT2D eigenvalue weighted by Gasteiger charge is 2.19. The van der Waals surface area contributed by atoms with Gasteiger partial charge in [0.05, 0.1) is 12.3 Å². The molecule has 20 heavy (non-hydrogen) atoms. The van der Waals surface area contributed by atoms with Gasteiger partial charge in [-0.2, -0.15) is 0 Å². The summed E-state index contributed by atoms with van der Waals surface area (Å²) in [5, 5.41) is 3.66. The Bertz CT molecular complexity index is 489. The van der Waals surface area contributed by atoms with Gasteiger partial charge in [0, 0.05) is 13.2 Å². The van der Waals surface area contributed by atoms with Crippen LogP contribution in [-0.4, -0.2) is 19.8 Å². The van der Waals surface area contributed by atoms with E-state index in [1.54, 1.807) is 6.26 Å². The van der Waals surface area contributed by atoms with Gasteiger partial charge in [0.15, 0.2) is 0 Å². The zero-order chi connectivity index (χ0) is 13.6. The van der Waals surface area contributed by atoms with Gasteiger partial charge in [-0.05, 0) is 43.0 Å². The molecule has 3 heteroatoms. The van der Waals surface area contributed by atoms with Crippen LogP contribution in [0.4, 0.5) is 0 Å². The molecule has 1 aromatic heterocycles. The number of nitrogens with one attached hydrogen (secondary N) is 1. The number of hydrogen-bond donors (Lipinski definition) is 1. The van der Waals surface area contributed by atoms with Crippen molar-refractivity contribution in [2.75, 3.05) is 19.8 Å². The van der Waals surface area contributed by atoms with Crippen molar-refractivity contribution in [2.24, 2.45) is 5.92 Å². The maximum Gasteiger partial charge on any atom is 0.125 e. The maximum absolute atomic E-state index is 5.60. The monoisotopic (exact) mass is 271 g/mol. The molecule has 2 heterocycles. The molecule has 1 aliphatic heterocycles. The predicted octanol–water partition coefficient (Wildman–Crippen LogP) is 3.39. The first-order valence-electron chi connectivity index (χ1n) is 7.33. The Labute approximate surface area is 119 Å². The molecular formula is C17H21NO2. The molecule has 1 atom stereocenters. The molecule has 1 aliphatic rings. The van der Waals surface area contributed by atoms with Gasteiger partial charge in [-0.3, -0.25) is 0 Å². The second kappa shape index (κ2) is 6.73. The summed E-state index contributed by atoms with van der Waals surface area (Å²) in [5.74, 6) is 1.67. The molecule has 1 fully saturated rings. The average Bonchev–Trinajstić information content (AvgIpc) is 3.04. The minimum Gasteiger partial charge on any atom is -0.467 e. The van der Waals surface area contributed by atoms with E-state index in [2.05, 4.69) is 29.6 Å². The Balaban J connectivity index is 1.69. The van der Waals surface area contributed by atoms with Crippen molar-refractivity contribution in [3.63, 3.8) is 0 Å². The summed E-state index contributed by atoms with van der Waals surface area (Å²) < 4.78 is 11.0. The lowest BCUT2D eigenvalue weighted by Crippen LogP contribution is -2.31. The first-order valence-corrected chi connectivity index (χ1v) is 7.33. The fourth-order valence-corrected chi connectivity index (χ4v) is 2.72. The van der Waals surface area contributed by atoms with Crippen molar-refractivity contribution in [1.82, 2.24) is 5.32 Å². The van der Waals surface area contributed by atoms with Crippen LogP contribution in [-0.2, 0) is 4.74 Å². The summed E-state index contributed by atoms with van der Waals surface area (Å²) in [6.07, 6.45) is 4.03. The number of furan rings is 1. The van der Waals surface area contributed by atoms with E-state index in [9.17, 15) is 0 Å². The molecule has 0 radical (unpaired) electrons. The molecule has 0 amide bonds. The molecule has 0 aliphatic carbocycles. The largest absolute Gasteiger partial charge is 0.467 e. The van der Waals surface area contributed by atoms with E-state index in [4.69, 9.17) is 9.15 Å². The summed E-state index contributed by atoms with van der Waals surface area (Å²) in [7, 11) is 0. The molecule has 2 aromatic rings. The van der Waals surface area contributed by atoms with Crippen LogP contribution < -0.4 is 5.32 Å². The minimum atomic E-state index is 0.133. The first kappa shape index (κ1) is 13.4. The van der Waals surface area contributed by atoms with Crippen molar-refractivity contribution in [3.8, 4) is 0 Å². The van der Waals surface area contributed by atoms with Gasteiger partial charge in [0.1, 0.15) is 5.76 Å². The smallest absolute Gasteiger partial charge is 0.125 e. The molecule has 1 N–H and O–H groups in total. The zero-order valence-corrected chi connectivity index (χ0v) is 11.6. The second-order valence-corrected chi connectivity index (χ2v) is 5.32. The summed E-state index contributed by atoms with van der Waals surface area (Å²) in [6.45, 7) is 2.79. The third kappa shape index (κ3) is 3.30. The van der Waals surface area contributed by atoms with E-state index in [1.807, 2.05) is 18.2 Å². The second-order valence-electron chi connectivity index (χ2n) is 5.32. The fraction of sp³-hybridized carbons (Fsp3) is 0.412. The predicted molar refractivity (Wildman–Crippen MR) is 78.5 cm³/mol. The van der Waals surface area contributed by atoms with Crippen molar-refractivity contribution >= 4 is 0 Å². The van der Waals surface area contributed by atoms with Gasteiger partial charge in [0.2, 0.25) is 0 Å². The van der Waals surface area contributed by atoms with E-state index in [0.29, 0.717) is 5.92 Å². The van der Waals surface area contributed by atoms with Crippen LogP contribution in [0.2, 0.25) is 0 Å². The van der Waals surface area contributed by atoms with Gasteiger partial charge < -0.3 is 14.5 Å². The SMILES string of the molecule is c1ccc(C(NCC2CCOCC2)c2ccco2)cc1. The van der Waals surface area contributed by atoms with Gasteiger partial charge >= 0.3 is 0 Å². The lowest BCUT2D eigenvalue weighted by Gasteiger charge is -2.25. The van der Waals surface area contributed by atoms with Gasteiger partial charge in [-0.1, -0.05) is 30.3 Å². The van der Waals surface area contributed by atoms with Crippen LogP contribution in [0, 0.1) is 5.92 Å². The maximum atomic E-state index is 5.60. The molecule has 0 spiro atoms. The number of benzene rings is 1. The third-order valence-corrected chi connectivity index (χ3v) is 3.91. The molecule has 3 nitrogen and oxygen atoms in total. The average molecular weight is 271 g/mol. The molecule has 106 valence electrons. The Kier molecular flexibility index (Phi) is 4.51. The van der Waals surface area contributed by atoms with E-state index in [0.717, 1.165) is 38.4 Å². The van der Waals surface area contributed by atoms with Crippen LogP contribution in [0.25, 0.3) is 0 Å². The van der Waals surface area contributed by atoms with Crippen LogP contribution >= 0.6 is 0 Å². The van der Waals surface area contributed by atoms with Crippen molar-refractivity contribution in [2.45, 2.75) is 18.9 Å². The Hall–Kier alpha value is -1.58. The minimum absolute atomic E-state index is 0.133. The third-order valence-electron chi connectivity index (χ3n) is 3.91. The Morgan fingerprint density at radius 3 is 2.55 bits per heavy atom. The normalized spacial score (nSPS) is 18.0. The number of hydrogen-bond acceptors (Lipinski definition) is 3. The summed E-state index contributed by atoms with van der Waals surface area (Å²) >= 11 is 0. The van der Waals surface area contributed by atoms with Gasteiger partial charge in [-0.25, -0.2) is 0 Å². The summed E-state index contributed by atoms with van der Waals surface area (Å²) in [4.78, 5) is 0. The van der Waals surface area contributed by atoms with Crippen LogP contribution in [0.1, 0.15) is 30.2 Å². The summed E-state index contributed by atoms with van der Waals surface area (Å²) in [5.41, 5.74) is 1.24. The standard InChI is InChI=1S/C17H21NO2/c1-2-5-15(6-3-1)17(16-7-4-10-20-16)18-13-14-8-11-19-12-9-14/h1-7,10,14,17-18H,8-9,11-13H2. The highest BCUT2D eigenvalue weighted by Crippen LogP contribution is 2.23. The lowest BCUT2D eigenvalue weighted by atomic mass is 9.98. The van der Waals surface area contributed by atoms with Crippen molar-refractivity contribution < 1.29 is 9.15 Å². The first-order chi connectivity index (χ1) is 9.93. The molecule has 1 unspecified atom stereocenters. The number of rotatable bonds is 5. The van der Waals surface area contributed by atoms with Gasteiger partial charge in [0.25, 0.3) is 0 Å². The Morgan fingerprint density at radius 2 is 1.85 bits per heavy atom. The highest BCUT2D eigenvalue weighted by molar-refractivity contribution is 5.26. The van der Waals surface area contributed by atoms with Crippen LogP contribution in [0.5, 0.6) is 0 Å². The Morgan fingerprint density at radius 1 is 1.05 bits per heavy atom. The number of ether oxygens (including phenoxy) is 1. The quantitative estimate of drug-likeness (QED) is 0.905. The van der Waals surface area contributed by atoms with E-state index in [-0.39, 0.29) is 6.04 Å². The summed E-state index contributed by atoms with van der Waals surface area (Å²) in [6, 6.07) is 14.6. The van der Waals surface area contributed by atoms with Gasteiger partial charge in [-0.15, -0.1) is 0 Å². The van der Waals surface area contributed by atoms with E-state index >= 15 is 0 Å².